The Morgan fingerprint density at radius 3 is 2.65 bits per heavy atom. The number of nitrogens with two attached hydrogens (primary N) is 1. The first kappa shape index (κ1) is 16.5. The minimum atomic E-state index is -4.27. The molecule has 1 aromatic rings. The molecule has 0 aliphatic heterocycles. The molecule has 0 atom stereocenters. The first-order valence-electron chi connectivity index (χ1n) is 6.16. The van der Waals surface area contributed by atoms with E-state index in [2.05, 4.69) is 0 Å². The van der Waals surface area contributed by atoms with Crippen LogP contribution in [0.5, 0.6) is 0 Å². The quantitative estimate of drug-likeness (QED) is 0.478. The molecule has 0 spiro atoms. The Labute approximate surface area is 114 Å². The number of carbonyl (C=O) groups is 1. The van der Waals surface area contributed by atoms with Gasteiger partial charge in [-0.3, -0.25) is 15.1 Å². The van der Waals surface area contributed by atoms with Crippen molar-refractivity contribution in [1.82, 2.24) is 10.3 Å². The molecule has 3 N–H and O–H groups in total. The van der Waals surface area contributed by atoms with Gasteiger partial charge in [0, 0.05) is 5.56 Å². The molecule has 1 aromatic heterocycles. The first-order valence-corrected chi connectivity index (χ1v) is 6.16. The summed E-state index contributed by atoms with van der Waals surface area (Å²) in [5.74, 6) is 4.71. The average molecular weight is 293 g/mol. The van der Waals surface area contributed by atoms with Crippen LogP contribution in [0.25, 0.3) is 0 Å². The summed E-state index contributed by atoms with van der Waals surface area (Å²) in [5, 5.41) is 0. The number of carbonyl (C=O) groups excluding carboxylic acids is 1. The third kappa shape index (κ3) is 4.86. The number of halogens is 3. The number of nitrogens with one attached hydrogen (secondary N) is 1. The van der Waals surface area contributed by atoms with Gasteiger partial charge >= 0.3 is 12.1 Å². The van der Waals surface area contributed by atoms with Crippen molar-refractivity contribution in [2.75, 3.05) is 13.1 Å². The molecule has 0 aromatic carbocycles. The molecule has 5 nitrogen and oxygen atoms in total. The molecule has 0 saturated heterocycles. The lowest BCUT2D eigenvalue weighted by Crippen LogP contribution is -2.34. The molecule has 8 heteroatoms. The van der Waals surface area contributed by atoms with Crippen LogP contribution in [0.3, 0.4) is 0 Å². The van der Waals surface area contributed by atoms with Crippen LogP contribution in [0.15, 0.2) is 10.5 Å². The number of nitrogens with zero attached hydrogens (tertiary/aromatic N) is 1. The van der Waals surface area contributed by atoms with Gasteiger partial charge in [-0.05, 0) is 26.0 Å². The Balaban J connectivity index is 2.81. The number of furan rings is 1. The number of aryl methyl sites for hydroxylation is 1. The fourth-order valence-electron chi connectivity index (χ4n) is 1.92. The van der Waals surface area contributed by atoms with Gasteiger partial charge in [0.05, 0.1) is 13.1 Å². The van der Waals surface area contributed by atoms with Crippen LogP contribution in [0.2, 0.25) is 0 Å². The standard InChI is InChI=1S/C12H18F3N3O2/c1-3-4-18(7-12(13,14)15)6-9-5-8(2)10(20-9)11(19)17-16/h5H,3-4,6-7,16H2,1-2H3,(H,17,19). The van der Waals surface area contributed by atoms with Crippen LogP contribution >= 0.6 is 0 Å². The van der Waals surface area contributed by atoms with Crippen LogP contribution in [-0.2, 0) is 6.54 Å². The number of amides is 1. The Morgan fingerprint density at radius 1 is 1.50 bits per heavy atom. The van der Waals surface area contributed by atoms with E-state index in [1.807, 2.05) is 5.43 Å². The summed E-state index contributed by atoms with van der Waals surface area (Å²) in [4.78, 5) is 12.6. The Kier molecular flexibility index (Phi) is 5.58. The van der Waals surface area contributed by atoms with E-state index < -0.39 is 18.6 Å². The third-order valence-electron chi connectivity index (χ3n) is 2.63. The van der Waals surface area contributed by atoms with Crippen molar-refractivity contribution in [2.45, 2.75) is 33.0 Å². The second-order valence-corrected chi connectivity index (χ2v) is 4.52. The van der Waals surface area contributed by atoms with Crippen LogP contribution in [0, 0.1) is 6.92 Å². The zero-order chi connectivity index (χ0) is 15.3. The van der Waals surface area contributed by atoms with Crippen molar-refractivity contribution in [2.24, 2.45) is 5.84 Å². The average Bonchev–Trinajstić information content (AvgIpc) is 2.67. The summed E-state index contributed by atoms with van der Waals surface area (Å²) < 4.78 is 42.6. The summed E-state index contributed by atoms with van der Waals surface area (Å²) in [6.45, 7) is 2.69. The van der Waals surface area contributed by atoms with Gasteiger partial charge in [0.25, 0.3) is 0 Å². The lowest BCUT2D eigenvalue weighted by Gasteiger charge is -2.21. The van der Waals surface area contributed by atoms with E-state index in [1.54, 1.807) is 19.9 Å². The van der Waals surface area contributed by atoms with Gasteiger partial charge in [-0.15, -0.1) is 0 Å². The van der Waals surface area contributed by atoms with Crippen molar-refractivity contribution in [1.29, 1.82) is 0 Å². The van der Waals surface area contributed by atoms with Crippen molar-refractivity contribution in [3.63, 3.8) is 0 Å². The Morgan fingerprint density at radius 2 is 2.15 bits per heavy atom. The van der Waals surface area contributed by atoms with Gasteiger partial charge in [-0.1, -0.05) is 6.92 Å². The van der Waals surface area contributed by atoms with E-state index in [1.165, 1.54) is 4.90 Å². The van der Waals surface area contributed by atoms with Crippen LogP contribution in [-0.4, -0.2) is 30.1 Å². The highest BCUT2D eigenvalue weighted by Gasteiger charge is 2.31. The Hall–Kier alpha value is -1.54. The number of hydrazine groups is 1. The van der Waals surface area contributed by atoms with Gasteiger partial charge < -0.3 is 4.42 Å². The first-order chi connectivity index (χ1) is 9.26. The molecule has 0 radical (unpaired) electrons. The number of hydrogen-bond acceptors (Lipinski definition) is 4. The van der Waals surface area contributed by atoms with E-state index in [-0.39, 0.29) is 18.8 Å². The smallest absolute Gasteiger partial charge is 0.401 e. The second kappa shape index (κ2) is 6.76. The van der Waals surface area contributed by atoms with Crippen molar-refractivity contribution in [3.8, 4) is 0 Å². The monoisotopic (exact) mass is 293 g/mol. The van der Waals surface area contributed by atoms with E-state index in [9.17, 15) is 18.0 Å². The zero-order valence-electron chi connectivity index (χ0n) is 11.4. The molecule has 0 fully saturated rings. The summed E-state index contributed by atoms with van der Waals surface area (Å²) in [5.41, 5.74) is 2.46. The highest BCUT2D eigenvalue weighted by atomic mass is 19.4. The van der Waals surface area contributed by atoms with Crippen molar-refractivity contribution < 1.29 is 22.4 Å². The minimum Gasteiger partial charge on any atom is -0.454 e. The van der Waals surface area contributed by atoms with Crippen molar-refractivity contribution >= 4 is 5.91 Å². The molecule has 0 aliphatic rings. The topological polar surface area (TPSA) is 71.5 Å². The molecule has 1 rings (SSSR count). The van der Waals surface area contributed by atoms with Gasteiger partial charge in [0.15, 0.2) is 5.76 Å². The summed E-state index contributed by atoms with van der Waals surface area (Å²) in [6, 6.07) is 1.55. The van der Waals surface area contributed by atoms with Crippen molar-refractivity contribution in [3.05, 3.63) is 23.2 Å². The SMILES string of the molecule is CCCN(Cc1cc(C)c(C(=O)NN)o1)CC(F)(F)F. The molecule has 0 bridgehead atoms. The molecule has 114 valence electrons. The van der Waals surface area contributed by atoms with Gasteiger partial charge in [-0.25, -0.2) is 5.84 Å². The second-order valence-electron chi connectivity index (χ2n) is 4.52. The lowest BCUT2D eigenvalue weighted by molar-refractivity contribution is -0.147. The van der Waals surface area contributed by atoms with E-state index in [0.29, 0.717) is 17.7 Å². The van der Waals surface area contributed by atoms with Gasteiger partial charge in [-0.2, -0.15) is 13.2 Å². The molecular formula is C12H18F3N3O2. The largest absolute Gasteiger partial charge is 0.454 e. The fourth-order valence-corrected chi connectivity index (χ4v) is 1.92. The minimum absolute atomic E-state index is 0.00790. The van der Waals surface area contributed by atoms with Crippen LogP contribution in [0.1, 0.15) is 35.2 Å². The van der Waals surface area contributed by atoms with E-state index in [0.717, 1.165) is 0 Å². The van der Waals surface area contributed by atoms with Gasteiger partial charge in [0.2, 0.25) is 0 Å². The summed E-state index contributed by atoms with van der Waals surface area (Å²) >= 11 is 0. The maximum Gasteiger partial charge on any atom is 0.401 e. The van der Waals surface area contributed by atoms with Gasteiger partial charge in [0.1, 0.15) is 5.76 Å². The zero-order valence-corrected chi connectivity index (χ0v) is 11.4. The highest BCUT2D eigenvalue weighted by Crippen LogP contribution is 2.20. The fraction of sp³-hybridized carbons (Fsp3) is 0.583. The van der Waals surface area contributed by atoms with Crippen LogP contribution in [0.4, 0.5) is 13.2 Å². The number of hydrogen-bond donors (Lipinski definition) is 2. The molecule has 1 heterocycles. The predicted octanol–water partition coefficient (Wildman–Crippen LogP) is 1.97. The number of rotatable bonds is 6. The molecule has 1 amide bonds. The van der Waals surface area contributed by atoms with E-state index >= 15 is 0 Å². The maximum absolute atomic E-state index is 12.4. The lowest BCUT2D eigenvalue weighted by atomic mass is 10.2. The van der Waals surface area contributed by atoms with Crippen LogP contribution < -0.4 is 11.3 Å². The normalized spacial score (nSPS) is 11.9. The van der Waals surface area contributed by atoms with E-state index in [4.69, 9.17) is 10.3 Å². The predicted molar refractivity (Wildman–Crippen MR) is 66.7 cm³/mol. The molecule has 0 saturated carbocycles. The molecular weight excluding hydrogens is 275 g/mol. The number of alkyl halides is 3. The highest BCUT2D eigenvalue weighted by molar-refractivity contribution is 5.92. The maximum atomic E-state index is 12.4. The molecule has 0 unspecified atom stereocenters. The molecule has 20 heavy (non-hydrogen) atoms. The Bertz CT molecular complexity index is 457. The third-order valence-corrected chi connectivity index (χ3v) is 2.63. The summed E-state index contributed by atoms with van der Waals surface area (Å²) in [6.07, 6.45) is -3.68. The number of nitrogen functional groups attached to an aromatic ring is 1. The summed E-state index contributed by atoms with van der Waals surface area (Å²) in [7, 11) is 0. The molecule has 0 aliphatic carbocycles.